The number of nitrogens with one attached hydrogen (secondary N) is 2. The van der Waals surface area contributed by atoms with Gasteiger partial charge in [-0.2, -0.15) is 5.10 Å². The molecule has 0 radical (unpaired) electrons. The summed E-state index contributed by atoms with van der Waals surface area (Å²) in [4.78, 5) is 27.9. The van der Waals surface area contributed by atoms with Crippen LogP contribution >= 0.6 is 11.3 Å². The van der Waals surface area contributed by atoms with Crippen LogP contribution in [0.2, 0.25) is 0 Å². The molecule has 0 atom stereocenters. The van der Waals surface area contributed by atoms with Crippen molar-refractivity contribution in [3.63, 3.8) is 0 Å². The second-order valence-electron chi connectivity index (χ2n) is 3.94. The summed E-state index contributed by atoms with van der Waals surface area (Å²) in [6.07, 6.45) is 3.30. The molecular weight excluding hydrogens is 252 g/mol. The highest BCUT2D eigenvalue weighted by Gasteiger charge is 2.17. The first-order valence-electron chi connectivity index (χ1n) is 5.70. The number of hydrogen-bond donors (Lipinski definition) is 2. The largest absolute Gasteiger partial charge is 0.351 e. The molecule has 1 aromatic rings. The molecule has 6 nitrogen and oxygen atoms in total. The van der Waals surface area contributed by atoms with Gasteiger partial charge in [0.1, 0.15) is 5.71 Å². The van der Waals surface area contributed by atoms with E-state index in [9.17, 15) is 9.59 Å². The average Bonchev–Trinajstić information content (AvgIpc) is 2.76. The molecule has 1 aromatic heterocycles. The molecular formula is C11H14N4O2S. The molecule has 0 spiro atoms. The zero-order valence-electron chi connectivity index (χ0n) is 10.0. The minimum Gasteiger partial charge on any atom is -0.351 e. The van der Waals surface area contributed by atoms with Crippen molar-refractivity contribution < 1.29 is 9.59 Å². The third-order valence-electron chi connectivity index (χ3n) is 2.49. The Morgan fingerprint density at radius 2 is 2.39 bits per heavy atom. The third-order valence-corrected chi connectivity index (χ3v) is 3.47. The Kier molecular flexibility index (Phi) is 4.03. The Morgan fingerprint density at radius 3 is 3.00 bits per heavy atom. The summed E-state index contributed by atoms with van der Waals surface area (Å²) >= 11 is 1.63. The molecule has 2 heterocycles. The molecule has 0 aromatic carbocycles. The molecule has 1 aliphatic heterocycles. The first-order chi connectivity index (χ1) is 8.65. The fourth-order valence-electron chi connectivity index (χ4n) is 1.56. The van der Waals surface area contributed by atoms with Crippen LogP contribution in [0.3, 0.4) is 0 Å². The number of aromatic nitrogens is 1. The van der Waals surface area contributed by atoms with Gasteiger partial charge in [0.2, 0.25) is 5.91 Å². The Morgan fingerprint density at radius 1 is 1.56 bits per heavy atom. The maximum atomic E-state index is 11.7. The van der Waals surface area contributed by atoms with Crippen LogP contribution in [0.1, 0.15) is 22.7 Å². The Balaban J connectivity index is 1.77. The van der Waals surface area contributed by atoms with Crippen molar-refractivity contribution in [2.45, 2.75) is 26.2 Å². The van der Waals surface area contributed by atoms with Gasteiger partial charge in [-0.25, -0.2) is 10.4 Å². The lowest BCUT2D eigenvalue weighted by Crippen LogP contribution is -2.37. The van der Waals surface area contributed by atoms with Crippen LogP contribution in [-0.2, 0) is 16.0 Å². The lowest BCUT2D eigenvalue weighted by molar-refractivity contribution is -0.121. The van der Waals surface area contributed by atoms with Crippen LogP contribution in [0.5, 0.6) is 0 Å². The average molecular weight is 266 g/mol. The zero-order chi connectivity index (χ0) is 13.0. The molecule has 2 N–H and O–H groups in total. The topological polar surface area (TPSA) is 83.4 Å². The maximum absolute atomic E-state index is 11.7. The minimum atomic E-state index is -0.212. The van der Waals surface area contributed by atoms with Crippen molar-refractivity contribution in [1.82, 2.24) is 15.7 Å². The summed E-state index contributed by atoms with van der Waals surface area (Å²) in [5.41, 5.74) is 2.69. The number of hydrogen-bond acceptors (Lipinski definition) is 5. The van der Waals surface area contributed by atoms with Gasteiger partial charge in [0.25, 0.3) is 5.91 Å². The van der Waals surface area contributed by atoms with Gasteiger partial charge in [0.15, 0.2) is 0 Å². The number of rotatable bonds is 4. The molecule has 7 heteroatoms. The Bertz CT molecular complexity index is 495. The van der Waals surface area contributed by atoms with Gasteiger partial charge in [-0.3, -0.25) is 9.59 Å². The second kappa shape index (κ2) is 5.72. The SMILES string of the molecule is Cc1ncc(CCNC(=O)C2=NNC(=O)CC2)s1. The molecule has 0 bridgehead atoms. The highest BCUT2D eigenvalue weighted by atomic mass is 32.1. The van der Waals surface area contributed by atoms with Gasteiger partial charge in [-0.05, 0) is 6.92 Å². The molecule has 2 amide bonds. The smallest absolute Gasteiger partial charge is 0.267 e. The van der Waals surface area contributed by atoms with Crippen LogP contribution in [0.15, 0.2) is 11.3 Å². The van der Waals surface area contributed by atoms with Gasteiger partial charge >= 0.3 is 0 Å². The van der Waals surface area contributed by atoms with Gasteiger partial charge in [-0.15, -0.1) is 11.3 Å². The Hall–Kier alpha value is -1.76. The van der Waals surface area contributed by atoms with Gasteiger partial charge < -0.3 is 5.32 Å². The van der Waals surface area contributed by atoms with E-state index in [0.29, 0.717) is 25.1 Å². The van der Waals surface area contributed by atoms with E-state index < -0.39 is 0 Å². The predicted octanol–water partition coefficient (Wildman–Crippen LogP) is 0.376. The number of thiazole rings is 1. The fraction of sp³-hybridized carbons (Fsp3) is 0.455. The third kappa shape index (κ3) is 3.36. The van der Waals surface area contributed by atoms with E-state index in [1.807, 2.05) is 13.1 Å². The van der Waals surface area contributed by atoms with Gasteiger partial charge in [0, 0.05) is 36.9 Å². The lowest BCUT2D eigenvalue weighted by Gasteiger charge is -2.11. The van der Waals surface area contributed by atoms with Crippen LogP contribution in [0.25, 0.3) is 0 Å². The number of carbonyl (C=O) groups excluding carboxylic acids is 2. The number of carbonyl (C=O) groups is 2. The quantitative estimate of drug-likeness (QED) is 0.826. The number of hydrazone groups is 1. The van der Waals surface area contributed by atoms with Crippen molar-refractivity contribution in [3.8, 4) is 0 Å². The van der Waals surface area contributed by atoms with Crippen LogP contribution in [0, 0.1) is 6.92 Å². The first-order valence-corrected chi connectivity index (χ1v) is 6.51. The van der Waals surface area contributed by atoms with E-state index in [-0.39, 0.29) is 11.8 Å². The molecule has 18 heavy (non-hydrogen) atoms. The molecule has 2 rings (SSSR count). The van der Waals surface area contributed by atoms with E-state index in [2.05, 4.69) is 20.8 Å². The van der Waals surface area contributed by atoms with E-state index >= 15 is 0 Å². The molecule has 96 valence electrons. The highest BCUT2D eigenvalue weighted by molar-refractivity contribution is 7.11. The summed E-state index contributed by atoms with van der Waals surface area (Å²) < 4.78 is 0. The standard InChI is InChI=1S/C11H14N4O2S/c1-7-13-6-8(18-7)4-5-12-11(17)9-2-3-10(16)15-14-9/h6H,2-5H2,1H3,(H,12,17)(H,15,16). The van der Waals surface area contributed by atoms with E-state index in [1.54, 1.807) is 11.3 Å². The van der Waals surface area contributed by atoms with Crippen LogP contribution in [0.4, 0.5) is 0 Å². The highest BCUT2D eigenvalue weighted by Crippen LogP contribution is 2.11. The van der Waals surface area contributed by atoms with Crippen molar-refractivity contribution in [2.24, 2.45) is 5.10 Å². The molecule has 1 aliphatic rings. The first kappa shape index (κ1) is 12.7. The van der Waals surface area contributed by atoms with Crippen molar-refractivity contribution in [1.29, 1.82) is 0 Å². The van der Waals surface area contributed by atoms with Crippen molar-refractivity contribution >= 4 is 28.9 Å². The number of nitrogens with zero attached hydrogens (tertiary/aromatic N) is 2. The van der Waals surface area contributed by atoms with Crippen LogP contribution < -0.4 is 10.7 Å². The monoisotopic (exact) mass is 266 g/mol. The lowest BCUT2D eigenvalue weighted by atomic mass is 10.1. The Labute approximate surface area is 108 Å². The fourth-order valence-corrected chi connectivity index (χ4v) is 2.35. The summed E-state index contributed by atoms with van der Waals surface area (Å²) in [7, 11) is 0. The van der Waals surface area contributed by atoms with Crippen molar-refractivity contribution in [3.05, 3.63) is 16.1 Å². The summed E-state index contributed by atoms with van der Waals surface area (Å²) in [6.45, 7) is 2.50. The maximum Gasteiger partial charge on any atom is 0.267 e. The van der Waals surface area contributed by atoms with Gasteiger partial charge in [-0.1, -0.05) is 0 Å². The summed E-state index contributed by atoms with van der Waals surface area (Å²) in [6, 6.07) is 0. The van der Waals surface area contributed by atoms with E-state index in [4.69, 9.17) is 0 Å². The number of aryl methyl sites for hydroxylation is 1. The minimum absolute atomic E-state index is 0.147. The summed E-state index contributed by atoms with van der Waals surface area (Å²) in [5, 5.41) is 7.54. The normalized spacial score (nSPS) is 14.9. The van der Waals surface area contributed by atoms with E-state index in [1.165, 1.54) is 0 Å². The number of amides is 2. The van der Waals surface area contributed by atoms with E-state index in [0.717, 1.165) is 16.3 Å². The van der Waals surface area contributed by atoms with Gasteiger partial charge in [0.05, 0.1) is 5.01 Å². The molecule has 0 saturated carbocycles. The predicted molar refractivity (Wildman–Crippen MR) is 68.4 cm³/mol. The molecule has 0 fully saturated rings. The molecule has 0 unspecified atom stereocenters. The second-order valence-corrected chi connectivity index (χ2v) is 5.26. The zero-order valence-corrected chi connectivity index (χ0v) is 10.8. The molecule has 0 saturated heterocycles. The van der Waals surface area contributed by atoms with Crippen molar-refractivity contribution in [2.75, 3.05) is 6.54 Å². The molecule has 0 aliphatic carbocycles. The summed E-state index contributed by atoms with van der Waals surface area (Å²) in [5.74, 6) is -0.358. The van der Waals surface area contributed by atoms with Crippen LogP contribution in [-0.4, -0.2) is 29.1 Å².